The first-order valence-corrected chi connectivity index (χ1v) is 9.34. The molecule has 0 saturated heterocycles. The zero-order chi connectivity index (χ0) is 19.8. The average molecular weight is 387 g/mol. The number of benzene rings is 2. The van der Waals surface area contributed by atoms with Gasteiger partial charge >= 0.3 is 5.97 Å². The van der Waals surface area contributed by atoms with E-state index >= 15 is 0 Å². The van der Waals surface area contributed by atoms with E-state index in [0.29, 0.717) is 23.9 Å². The summed E-state index contributed by atoms with van der Waals surface area (Å²) in [7, 11) is 0. The summed E-state index contributed by atoms with van der Waals surface area (Å²) in [4.78, 5) is 11.9. The van der Waals surface area contributed by atoms with Gasteiger partial charge in [0.25, 0.3) is 0 Å². The molecule has 0 bridgehead atoms. The summed E-state index contributed by atoms with van der Waals surface area (Å²) in [6.07, 6.45) is 0. The van der Waals surface area contributed by atoms with Crippen LogP contribution in [0.2, 0.25) is 0 Å². The molecule has 6 heteroatoms. The number of hydrogen-bond donors (Lipinski definition) is 2. The number of nitrogens with one attached hydrogen (secondary N) is 2. The van der Waals surface area contributed by atoms with E-state index in [1.54, 1.807) is 19.1 Å². The number of aryl methyl sites for hydroxylation is 2. The predicted molar refractivity (Wildman–Crippen MR) is 113 cm³/mol. The molecule has 0 heterocycles. The van der Waals surface area contributed by atoms with Gasteiger partial charge in [-0.25, -0.2) is 4.79 Å². The molecule has 0 amide bonds. The van der Waals surface area contributed by atoms with Crippen molar-refractivity contribution in [2.75, 3.05) is 18.5 Å². The van der Waals surface area contributed by atoms with E-state index in [0.717, 1.165) is 17.0 Å². The Morgan fingerprint density at radius 1 is 1.15 bits per heavy atom. The minimum atomic E-state index is -0.348. The maximum atomic E-state index is 11.9. The summed E-state index contributed by atoms with van der Waals surface area (Å²) >= 11 is 5.39. The van der Waals surface area contributed by atoms with Gasteiger partial charge < -0.3 is 20.1 Å². The molecule has 5 nitrogen and oxygen atoms in total. The number of ether oxygens (including phenoxy) is 2. The standard InChI is InChI=1S/C21H26N2O3S/c1-5-25-20(24)17-9-8-15(3)19(12-17)23-21(27)22-16(4)13-26-18-10-6-14(2)7-11-18/h6-12,16H,5,13H2,1-4H3,(H2,22,23,27)/t16-/m0/s1. The fraction of sp³-hybridized carbons (Fsp3) is 0.333. The van der Waals surface area contributed by atoms with Crippen LogP contribution in [0.5, 0.6) is 5.75 Å². The van der Waals surface area contributed by atoms with Gasteiger partial charge in [-0.2, -0.15) is 0 Å². The van der Waals surface area contributed by atoms with Crippen LogP contribution in [0, 0.1) is 13.8 Å². The minimum absolute atomic E-state index is 0.0137. The number of esters is 1. The summed E-state index contributed by atoms with van der Waals surface area (Å²) in [5, 5.41) is 6.80. The van der Waals surface area contributed by atoms with Crippen LogP contribution in [0.1, 0.15) is 35.3 Å². The van der Waals surface area contributed by atoms with E-state index in [4.69, 9.17) is 21.7 Å². The van der Waals surface area contributed by atoms with Crippen molar-refractivity contribution in [1.82, 2.24) is 5.32 Å². The number of thiocarbonyl (C=S) groups is 1. The zero-order valence-electron chi connectivity index (χ0n) is 16.2. The van der Waals surface area contributed by atoms with Crippen molar-refractivity contribution in [2.45, 2.75) is 33.7 Å². The van der Waals surface area contributed by atoms with Crippen LogP contribution < -0.4 is 15.4 Å². The van der Waals surface area contributed by atoms with E-state index in [-0.39, 0.29) is 12.0 Å². The van der Waals surface area contributed by atoms with Gasteiger partial charge in [-0.05, 0) is 69.7 Å². The van der Waals surface area contributed by atoms with Gasteiger partial charge in [0, 0.05) is 5.69 Å². The molecule has 0 aliphatic rings. The Morgan fingerprint density at radius 3 is 2.52 bits per heavy atom. The second kappa shape index (κ2) is 9.92. The minimum Gasteiger partial charge on any atom is -0.491 e. The summed E-state index contributed by atoms with van der Waals surface area (Å²) in [6.45, 7) is 8.58. The Labute approximate surface area is 166 Å². The van der Waals surface area contributed by atoms with Crippen molar-refractivity contribution in [2.24, 2.45) is 0 Å². The summed E-state index contributed by atoms with van der Waals surface area (Å²) in [6, 6.07) is 13.3. The Balaban J connectivity index is 1.89. The topological polar surface area (TPSA) is 59.6 Å². The Bertz CT molecular complexity index is 791. The van der Waals surface area contributed by atoms with Gasteiger partial charge in [0.15, 0.2) is 5.11 Å². The lowest BCUT2D eigenvalue weighted by Crippen LogP contribution is -2.39. The molecule has 0 aromatic heterocycles. The third-order valence-corrected chi connectivity index (χ3v) is 4.12. The first kappa shape index (κ1) is 20.7. The molecule has 27 heavy (non-hydrogen) atoms. The van der Waals surface area contributed by atoms with E-state index in [1.165, 1.54) is 5.56 Å². The fourth-order valence-corrected chi connectivity index (χ4v) is 2.69. The second-order valence-corrected chi connectivity index (χ2v) is 6.78. The summed E-state index contributed by atoms with van der Waals surface area (Å²) in [5.41, 5.74) is 3.43. The number of rotatable bonds is 7. The van der Waals surface area contributed by atoms with E-state index < -0.39 is 0 Å². The van der Waals surface area contributed by atoms with Crippen molar-refractivity contribution >= 4 is 29.0 Å². The lowest BCUT2D eigenvalue weighted by Gasteiger charge is -2.19. The normalized spacial score (nSPS) is 11.4. The van der Waals surface area contributed by atoms with Crippen molar-refractivity contribution in [3.05, 3.63) is 59.2 Å². The molecule has 2 aromatic carbocycles. The molecule has 2 N–H and O–H groups in total. The first-order valence-electron chi connectivity index (χ1n) is 8.93. The van der Waals surface area contributed by atoms with Crippen molar-refractivity contribution in [1.29, 1.82) is 0 Å². The highest BCUT2D eigenvalue weighted by molar-refractivity contribution is 7.80. The third kappa shape index (κ3) is 6.57. The molecule has 2 rings (SSSR count). The monoisotopic (exact) mass is 386 g/mol. The largest absolute Gasteiger partial charge is 0.491 e. The van der Waals surface area contributed by atoms with E-state index in [1.807, 2.05) is 51.1 Å². The van der Waals surface area contributed by atoms with Gasteiger partial charge in [0.2, 0.25) is 0 Å². The average Bonchev–Trinajstić information content (AvgIpc) is 2.63. The molecular formula is C21H26N2O3S. The molecule has 0 spiro atoms. The van der Waals surface area contributed by atoms with Crippen LogP contribution in [0.3, 0.4) is 0 Å². The molecule has 0 saturated carbocycles. The molecule has 2 aromatic rings. The van der Waals surface area contributed by atoms with Crippen LogP contribution >= 0.6 is 12.2 Å². The molecule has 0 radical (unpaired) electrons. The summed E-state index contributed by atoms with van der Waals surface area (Å²) < 4.78 is 10.8. The lowest BCUT2D eigenvalue weighted by atomic mass is 10.1. The smallest absolute Gasteiger partial charge is 0.338 e. The van der Waals surface area contributed by atoms with Gasteiger partial charge in [0.1, 0.15) is 12.4 Å². The van der Waals surface area contributed by atoms with Crippen LogP contribution in [0.15, 0.2) is 42.5 Å². The Hall–Kier alpha value is -2.60. The van der Waals surface area contributed by atoms with E-state index in [2.05, 4.69) is 10.6 Å². The van der Waals surface area contributed by atoms with Crippen LogP contribution in [-0.4, -0.2) is 30.3 Å². The maximum absolute atomic E-state index is 11.9. The molecule has 0 fully saturated rings. The van der Waals surface area contributed by atoms with Crippen LogP contribution in [0.25, 0.3) is 0 Å². The molecule has 0 aliphatic carbocycles. The highest BCUT2D eigenvalue weighted by atomic mass is 32.1. The SMILES string of the molecule is CCOC(=O)c1ccc(C)c(NC(=S)N[C@@H](C)COc2ccc(C)cc2)c1. The Morgan fingerprint density at radius 2 is 1.85 bits per heavy atom. The van der Waals surface area contributed by atoms with Gasteiger partial charge in [-0.1, -0.05) is 23.8 Å². The highest BCUT2D eigenvalue weighted by Crippen LogP contribution is 2.18. The summed E-state index contributed by atoms with van der Waals surface area (Å²) in [5.74, 6) is 0.477. The Kier molecular flexibility index (Phi) is 7.61. The quantitative estimate of drug-likeness (QED) is 0.548. The molecule has 144 valence electrons. The molecular weight excluding hydrogens is 360 g/mol. The van der Waals surface area contributed by atoms with Crippen molar-refractivity contribution < 1.29 is 14.3 Å². The lowest BCUT2D eigenvalue weighted by molar-refractivity contribution is 0.0526. The number of carbonyl (C=O) groups is 1. The van der Waals surface area contributed by atoms with Crippen LogP contribution in [-0.2, 0) is 4.74 Å². The van der Waals surface area contributed by atoms with Crippen molar-refractivity contribution in [3.8, 4) is 5.75 Å². The maximum Gasteiger partial charge on any atom is 0.338 e. The predicted octanol–water partition coefficient (Wildman–Crippen LogP) is 4.23. The zero-order valence-corrected chi connectivity index (χ0v) is 17.0. The molecule has 0 aliphatic heterocycles. The number of anilines is 1. The number of hydrogen-bond acceptors (Lipinski definition) is 4. The fourth-order valence-electron chi connectivity index (χ4n) is 2.38. The second-order valence-electron chi connectivity index (χ2n) is 6.37. The highest BCUT2D eigenvalue weighted by Gasteiger charge is 2.11. The first-order chi connectivity index (χ1) is 12.9. The molecule has 1 atom stereocenters. The van der Waals surface area contributed by atoms with Gasteiger partial charge in [-0.15, -0.1) is 0 Å². The van der Waals surface area contributed by atoms with Crippen LogP contribution in [0.4, 0.5) is 5.69 Å². The van der Waals surface area contributed by atoms with E-state index in [9.17, 15) is 4.79 Å². The van der Waals surface area contributed by atoms with Gasteiger partial charge in [-0.3, -0.25) is 0 Å². The van der Waals surface area contributed by atoms with Crippen molar-refractivity contribution in [3.63, 3.8) is 0 Å². The molecule has 0 unspecified atom stereocenters. The number of carbonyl (C=O) groups excluding carboxylic acids is 1. The third-order valence-electron chi connectivity index (χ3n) is 3.90. The van der Waals surface area contributed by atoms with Gasteiger partial charge in [0.05, 0.1) is 18.2 Å².